The van der Waals surface area contributed by atoms with Gasteiger partial charge in [0.05, 0.1) is 0 Å². The predicted octanol–water partition coefficient (Wildman–Crippen LogP) is 3.80. The van der Waals surface area contributed by atoms with Crippen molar-refractivity contribution >= 4 is 29.2 Å². The molecule has 3 aromatic rings. The van der Waals surface area contributed by atoms with E-state index in [0.717, 1.165) is 9.75 Å². The van der Waals surface area contributed by atoms with Gasteiger partial charge in [0.2, 0.25) is 0 Å². The number of hydrogen-bond acceptors (Lipinski definition) is 5. The first-order chi connectivity index (χ1) is 14.6. The number of hydrogen-bond donors (Lipinski definition) is 2. The standard InChI is InChI=1S/C22H17FN2O4S/c23-17-4-2-1-3-16(17)20-9-6-15(30-20)7-10-21(26)24-25-22(27)14-5-8-18-19(13-14)29-12-11-28-18/h1-10,13H,11-12H2,(H,24,26)(H,25,27)/b10-7+. The molecule has 152 valence electrons. The Balaban J connectivity index is 1.33. The number of benzene rings is 2. The first-order valence-electron chi connectivity index (χ1n) is 9.13. The Labute approximate surface area is 175 Å². The summed E-state index contributed by atoms with van der Waals surface area (Å²) >= 11 is 1.36. The van der Waals surface area contributed by atoms with E-state index in [1.807, 2.05) is 0 Å². The lowest BCUT2D eigenvalue weighted by Crippen LogP contribution is -2.40. The summed E-state index contributed by atoms with van der Waals surface area (Å²) in [6, 6.07) is 14.9. The third-order valence-electron chi connectivity index (χ3n) is 4.27. The van der Waals surface area contributed by atoms with Crippen molar-refractivity contribution in [2.24, 2.45) is 0 Å². The number of hydrazine groups is 1. The van der Waals surface area contributed by atoms with E-state index in [-0.39, 0.29) is 5.82 Å². The molecule has 6 nitrogen and oxygen atoms in total. The Kier molecular flexibility index (Phi) is 5.76. The van der Waals surface area contributed by atoms with Crippen molar-refractivity contribution in [1.82, 2.24) is 10.9 Å². The molecule has 0 atom stereocenters. The van der Waals surface area contributed by atoms with Crippen molar-refractivity contribution in [1.29, 1.82) is 0 Å². The molecule has 0 saturated carbocycles. The van der Waals surface area contributed by atoms with Gasteiger partial charge in [-0.1, -0.05) is 18.2 Å². The molecule has 1 aliphatic rings. The molecule has 2 aromatic carbocycles. The maximum absolute atomic E-state index is 13.9. The fraction of sp³-hybridized carbons (Fsp3) is 0.0909. The number of nitrogens with one attached hydrogen (secondary N) is 2. The summed E-state index contributed by atoms with van der Waals surface area (Å²) in [4.78, 5) is 25.8. The van der Waals surface area contributed by atoms with Crippen LogP contribution in [-0.2, 0) is 4.79 Å². The molecule has 2 amide bonds. The monoisotopic (exact) mass is 424 g/mol. The fourth-order valence-corrected chi connectivity index (χ4v) is 3.76. The highest BCUT2D eigenvalue weighted by Gasteiger charge is 2.15. The largest absolute Gasteiger partial charge is 0.486 e. The minimum absolute atomic E-state index is 0.297. The second-order valence-corrected chi connectivity index (χ2v) is 7.43. The highest BCUT2D eigenvalue weighted by Crippen LogP contribution is 2.31. The van der Waals surface area contributed by atoms with Gasteiger partial charge in [0, 0.05) is 27.0 Å². The van der Waals surface area contributed by atoms with Crippen molar-refractivity contribution in [2.45, 2.75) is 0 Å². The van der Waals surface area contributed by atoms with Crippen molar-refractivity contribution in [3.8, 4) is 21.9 Å². The topological polar surface area (TPSA) is 76.7 Å². The van der Waals surface area contributed by atoms with E-state index in [9.17, 15) is 14.0 Å². The van der Waals surface area contributed by atoms with E-state index in [1.165, 1.54) is 23.5 Å². The summed E-state index contributed by atoms with van der Waals surface area (Å²) in [6.07, 6.45) is 2.89. The smallest absolute Gasteiger partial charge is 0.269 e. The molecule has 2 N–H and O–H groups in total. The van der Waals surface area contributed by atoms with Crippen LogP contribution >= 0.6 is 11.3 Å². The third-order valence-corrected chi connectivity index (χ3v) is 5.35. The Hall–Kier alpha value is -3.65. The summed E-state index contributed by atoms with van der Waals surface area (Å²) in [6.45, 7) is 0.883. The molecule has 0 bridgehead atoms. The number of ether oxygens (including phenoxy) is 2. The van der Waals surface area contributed by atoms with Crippen molar-refractivity contribution in [3.63, 3.8) is 0 Å². The molecule has 0 fully saturated rings. The van der Waals surface area contributed by atoms with Crippen LogP contribution in [0.2, 0.25) is 0 Å². The SMILES string of the molecule is O=C(/C=C/c1ccc(-c2ccccc2F)s1)NNC(=O)c1ccc2c(c1)OCCO2. The molecule has 0 radical (unpaired) electrons. The maximum Gasteiger partial charge on any atom is 0.269 e. The highest BCUT2D eigenvalue weighted by atomic mass is 32.1. The minimum Gasteiger partial charge on any atom is -0.486 e. The Bertz CT molecular complexity index is 1130. The van der Waals surface area contributed by atoms with Gasteiger partial charge < -0.3 is 9.47 Å². The number of thiophene rings is 1. The van der Waals surface area contributed by atoms with Crippen molar-refractivity contribution in [3.05, 3.63) is 76.9 Å². The van der Waals surface area contributed by atoms with Crippen LogP contribution in [0.25, 0.3) is 16.5 Å². The van der Waals surface area contributed by atoms with Crippen molar-refractivity contribution in [2.75, 3.05) is 13.2 Å². The normalized spacial score (nSPS) is 12.6. The lowest BCUT2D eigenvalue weighted by atomic mass is 10.2. The first-order valence-corrected chi connectivity index (χ1v) is 9.94. The molecule has 30 heavy (non-hydrogen) atoms. The van der Waals surface area contributed by atoms with Gasteiger partial charge in [-0.3, -0.25) is 20.4 Å². The summed E-state index contributed by atoms with van der Waals surface area (Å²) in [7, 11) is 0. The van der Waals surface area contributed by atoms with E-state index < -0.39 is 11.8 Å². The van der Waals surface area contributed by atoms with Crippen LogP contribution in [0.5, 0.6) is 11.5 Å². The van der Waals surface area contributed by atoms with Crippen LogP contribution in [0, 0.1) is 5.82 Å². The molecule has 1 aromatic heterocycles. The van der Waals surface area contributed by atoms with E-state index in [4.69, 9.17) is 9.47 Å². The number of amides is 2. The summed E-state index contributed by atoms with van der Waals surface area (Å²) in [5, 5.41) is 0. The van der Waals surface area contributed by atoms with E-state index in [1.54, 1.807) is 54.6 Å². The maximum atomic E-state index is 13.9. The zero-order valence-electron chi connectivity index (χ0n) is 15.7. The number of carbonyl (C=O) groups excluding carboxylic acids is 2. The average Bonchev–Trinajstić information content (AvgIpc) is 3.25. The molecule has 0 aliphatic carbocycles. The van der Waals surface area contributed by atoms with Gasteiger partial charge in [-0.2, -0.15) is 0 Å². The summed E-state index contributed by atoms with van der Waals surface area (Å²) in [5.74, 6) is -0.207. The zero-order chi connectivity index (χ0) is 20.9. The second-order valence-electron chi connectivity index (χ2n) is 6.32. The third kappa shape index (κ3) is 4.49. The lowest BCUT2D eigenvalue weighted by molar-refractivity contribution is -0.117. The van der Waals surface area contributed by atoms with E-state index in [0.29, 0.717) is 35.8 Å². The van der Waals surface area contributed by atoms with Gasteiger partial charge in [0.25, 0.3) is 11.8 Å². The minimum atomic E-state index is -0.498. The Morgan fingerprint density at radius 1 is 0.967 bits per heavy atom. The number of rotatable bonds is 4. The van der Waals surface area contributed by atoms with Crippen LogP contribution < -0.4 is 20.3 Å². The average molecular weight is 424 g/mol. The summed E-state index contributed by atoms with van der Waals surface area (Å²) in [5.41, 5.74) is 5.52. The molecular weight excluding hydrogens is 407 g/mol. The van der Waals surface area contributed by atoms with Crippen LogP contribution in [0.15, 0.2) is 60.7 Å². The molecule has 2 heterocycles. The van der Waals surface area contributed by atoms with Crippen LogP contribution in [0.4, 0.5) is 4.39 Å². The Morgan fingerprint density at radius 2 is 1.77 bits per heavy atom. The molecule has 0 unspecified atom stereocenters. The van der Waals surface area contributed by atoms with Crippen LogP contribution in [0.3, 0.4) is 0 Å². The van der Waals surface area contributed by atoms with Gasteiger partial charge in [0.1, 0.15) is 19.0 Å². The van der Waals surface area contributed by atoms with Gasteiger partial charge >= 0.3 is 0 Å². The Morgan fingerprint density at radius 3 is 2.60 bits per heavy atom. The van der Waals surface area contributed by atoms with Gasteiger partial charge in [-0.15, -0.1) is 11.3 Å². The molecule has 0 spiro atoms. The molecule has 1 aliphatic heterocycles. The first kappa shape index (κ1) is 19.7. The molecular formula is C22H17FN2O4S. The van der Waals surface area contributed by atoms with Crippen molar-refractivity contribution < 1.29 is 23.5 Å². The van der Waals surface area contributed by atoms with E-state index in [2.05, 4.69) is 10.9 Å². The van der Waals surface area contributed by atoms with Crippen LogP contribution in [0.1, 0.15) is 15.2 Å². The molecule has 8 heteroatoms. The highest BCUT2D eigenvalue weighted by molar-refractivity contribution is 7.16. The zero-order valence-corrected chi connectivity index (χ0v) is 16.5. The van der Waals surface area contributed by atoms with Crippen LogP contribution in [-0.4, -0.2) is 25.0 Å². The quantitative estimate of drug-likeness (QED) is 0.493. The number of halogens is 1. The number of carbonyl (C=O) groups is 2. The second kappa shape index (κ2) is 8.79. The molecule has 0 saturated heterocycles. The summed E-state index contributed by atoms with van der Waals surface area (Å²) < 4.78 is 24.7. The number of fused-ring (bicyclic) bond motifs is 1. The predicted molar refractivity (Wildman–Crippen MR) is 112 cm³/mol. The lowest BCUT2D eigenvalue weighted by Gasteiger charge is -2.18. The molecule has 4 rings (SSSR count). The van der Waals surface area contributed by atoms with Gasteiger partial charge in [-0.05, 0) is 42.5 Å². The van der Waals surface area contributed by atoms with E-state index >= 15 is 0 Å². The fourth-order valence-electron chi connectivity index (χ4n) is 2.82. The van der Waals surface area contributed by atoms with Gasteiger partial charge in [-0.25, -0.2) is 4.39 Å². The van der Waals surface area contributed by atoms with Gasteiger partial charge in [0.15, 0.2) is 11.5 Å².